The Bertz CT molecular complexity index is 445. The predicted octanol–water partition coefficient (Wildman–Crippen LogP) is 4.64. The molecule has 0 bridgehead atoms. The van der Waals surface area contributed by atoms with Crippen molar-refractivity contribution in [3.63, 3.8) is 0 Å². The van der Waals surface area contributed by atoms with Crippen molar-refractivity contribution in [1.29, 1.82) is 0 Å². The van der Waals surface area contributed by atoms with Gasteiger partial charge in [-0.05, 0) is 69.5 Å². The van der Waals surface area contributed by atoms with Crippen LogP contribution in [0.4, 0.5) is 10.1 Å². The molecule has 1 nitrogen and oxygen atoms in total. The summed E-state index contributed by atoms with van der Waals surface area (Å²) in [5, 5.41) is 0. The molecule has 0 aromatic heterocycles. The Kier molecular flexibility index (Phi) is 3.40. The normalized spacial score (nSPS) is 19.5. The summed E-state index contributed by atoms with van der Waals surface area (Å²) in [5.74, 6) is -0.225. The number of hydrogen-bond acceptors (Lipinski definition) is 1. The zero-order chi connectivity index (χ0) is 11.9. The minimum Gasteiger partial charge on any atom is -0.346 e. The van der Waals surface area contributed by atoms with Crippen molar-refractivity contribution in [2.75, 3.05) is 4.90 Å². The molecule has 1 atom stereocenters. The molecule has 0 saturated carbocycles. The highest BCUT2D eigenvalue weighted by Crippen LogP contribution is 2.40. The van der Waals surface area contributed by atoms with Crippen molar-refractivity contribution in [2.24, 2.45) is 0 Å². The van der Waals surface area contributed by atoms with Crippen LogP contribution in [0.25, 0.3) is 0 Å². The van der Waals surface area contributed by atoms with Gasteiger partial charge in [-0.1, -0.05) is 6.58 Å². The van der Waals surface area contributed by atoms with Crippen molar-refractivity contribution < 1.29 is 4.39 Å². The van der Waals surface area contributed by atoms with Gasteiger partial charge in [-0.3, -0.25) is 0 Å². The first-order valence-corrected chi connectivity index (χ1v) is 6.72. The third-order valence-corrected chi connectivity index (χ3v) is 4.41. The number of anilines is 1. The van der Waals surface area contributed by atoms with Crippen molar-refractivity contribution in [3.05, 3.63) is 39.2 Å². The van der Waals surface area contributed by atoms with Crippen LogP contribution in [0.5, 0.6) is 0 Å². The fourth-order valence-electron chi connectivity index (χ4n) is 2.10. The summed E-state index contributed by atoms with van der Waals surface area (Å²) < 4.78 is 14.8. The van der Waals surface area contributed by atoms with Crippen molar-refractivity contribution in [2.45, 2.75) is 25.8 Å². The summed E-state index contributed by atoms with van der Waals surface area (Å²) in [6.07, 6.45) is 3.71. The molecule has 16 heavy (non-hydrogen) atoms. The molecule has 1 unspecified atom stereocenters. The molecule has 86 valence electrons. The Morgan fingerprint density at radius 3 is 2.88 bits per heavy atom. The highest BCUT2D eigenvalue weighted by atomic mass is 79.9. The maximum absolute atomic E-state index is 13.7. The molecule has 0 fully saturated rings. The smallest absolute Gasteiger partial charge is 0.151 e. The van der Waals surface area contributed by atoms with Gasteiger partial charge in [0, 0.05) is 11.7 Å². The van der Waals surface area contributed by atoms with Gasteiger partial charge in [0.15, 0.2) is 5.82 Å². The second-order valence-electron chi connectivity index (χ2n) is 3.96. The number of fused-ring (bicyclic) bond motifs is 1. The SMILES string of the molecule is C=CN1c2cc(Br)c(F)c(Br)c2CCC1C. The fraction of sp³-hybridized carbons (Fsp3) is 0.333. The van der Waals surface area contributed by atoms with Gasteiger partial charge in [0.2, 0.25) is 0 Å². The number of nitrogens with zero attached hydrogens (tertiary/aromatic N) is 1. The maximum Gasteiger partial charge on any atom is 0.151 e. The molecule has 1 aromatic rings. The molecule has 1 heterocycles. The Labute approximate surface area is 112 Å². The van der Waals surface area contributed by atoms with E-state index in [-0.39, 0.29) is 5.82 Å². The summed E-state index contributed by atoms with van der Waals surface area (Å²) in [6, 6.07) is 2.24. The Hall–Kier alpha value is -0.350. The monoisotopic (exact) mass is 347 g/mol. The summed E-state index contributed by atoms with van der Waals surface area (Å²) in [4.78, 5) is 2.09. The molecule has 0 aliphatic carbocycles. The molecule has 2 rings (SSSR count). The topological polar surface area (TPSA) is 3.24 Å². The lowest BCUT2D eigenvalue weighted by atomic mass is 9.97. The van der Waals surface area contributed by atoms with Gasteiger partial charge in [-0.25, -0.2) is 4.39 Å². The zero-order valence-corrected chi connectivity index (χ0v) is 12.1. The van der Waals surface area contributed by atoms with Crippen LogP contribution in [0.15, 0.2) is 27.8 Å². The summed E-state index contributed by atoms with van der Waals surface area (Å²) in [5.41, 5.74) is 2.06. The summed E-state index contributed by atoms with van der Waals surface area (Å²) in [6.45, 7) is 5.97. The van der Waals surface area contributed by atoms with Crippen LogP contribution < -0.4 is 4.90 Å². The lowest BCUT2D eigenvalue weighted by Crippen LogP contribution is -2.32. The van der Waals surface area contributed by atoms with Crippen LogP contribution in [0.2, 0.25) is 0 Å². The van der Waals surface area contributed by atoms with Crippen LogP contribution in [0.1, 0.15) is 18.9 Å². The molecule has 4 heteroatoms. The molecule has 1 aromatic carbocycles. The second-order valence-corrected chi connectivity index (χ2v) is 5.61. The number of halogens is 3. The molecular weight excluding hydrogens is 337 g/mol. The van der Waals surface area contributed by atoms with Crippen LogP contribution in [0, 0.1) is 5.82 Å². The van der Waals surface area contributed by atoms with Crippen LogP contribution in [-0.4, -0.2) is 6.04 Å². The van der Waals surface area contributed by atoms with E-state index >= 15 is 0 Å². The second kappa shape index (κ2) is 4.49. The van der Waals surface area contributed by atoms with Gasteiger partial charge < -0.3 is 4.90 Å². The van der Waals surface area contributed by atoms with Crippen LogP contribution >= 0.6 is 31.9 Å². The van der Waals surface area contributed by atoms with E-state index in [0.717, 1.165) is 24.1 Å². The van der Waals surface area contributed by atoms with E-state index in [9.17, 15) is 4.39 Å². The van der Waals surface area contributed by atoms with Crippen molar-refractivity contribution in [3.8, 4) is 0 Å². The Balaban J connectivity index is 2.63. The lowest BCUT2D eigenvalue weighted by molar-refractivity contribution is 0.586. The quantitative estimate of drug-likeness (QED) is 0.668. The van der Waals surface area contributed by atoms with E-state index in [4.69, 9.17) is 0 Å². The molecule has 0 spiro atoms. The zero-order valence-electron chi connectivity index (χ0n) is 8.93. The average Bonchev–Trinajstić information content (AvgIpc) is 2.26. The third kappa shape index (κ3) is 1.82. The fourth-order valence-corrected chi connectivity index (χ4v) is 3.39. The molecule has 0 radical (unpaired) electrons. The first kappa shape index (κ1) is 12.1. The van der Waals surface area contributed by atoms with Crippen LogP contribution in [-0.2, 0) is 6.42 Å². The molecular formula is C12H12Br2FN. The van der Waals surface area contributed by atoms with Gasteiger partial charge in [0.05, 0.1) is 8.95 Å². The van der Waals surface area contributed by atoms with Crippen molar-refractivity contribution in [1.82, 2.24) is 0 Å². The van der Waals surface area contributed by atoms with Gasteiger partial charge in [-0.15, -0.1) is 0 Å². The van der Waals surface area contributed by atoms with Gasteiger partial charge in [0.25, 0.3) is 0 Å². The van der Waals surface area contributed by atoms with Gasteiger partial charge >= 0.3 is 0 Å². The Morgan fingerprint density at radius 2 is 2.25 bits per heavy atom. The predicted molar refractivity (Wildman–Crippen MR) is 72.3 cm³/mol. The molecule has 0 saturated heterocycles. The highest BCUT2D eigenvalue weighted by molar-refractivity contribution is 9.11. The maximum atomic E-state index is 13.7. The average molecular weight is 349 g/mol. The lowest BCUT2D eigenvalue weighted by Gasteiger charge is -2.35. The van der Waals surface area contributed by atoms with Crippen LogP contribution in [0.3, 0.4) is 0 Å². The van der Waals surface area contributed by atoms with E-state index in [0.29, 0.717) is 15.0 Å². The number of rotatable bonds is 1. The number of hydrogen-bond donors (Lipinski definition) is 0. The standard InChI is InChI=1S/C12H12Br2FN/c1-3-16-7(2)4-5-8-10(16)6-9(13)12(15)11(8)14/h3,6-7H,1,4-5H2,2H3. The van der Waals surface area contributed by atoms with E-state index in [1.54, 1.807) is 6.20 Å². The summed E-state index contributed by atoms with van der Waals surface area (Å²) in [7, 11) is 0. The van der Waals surface area contributed by atoms with E-state index < -0.39 is 0 Å². The van der Waals surface area contributed by atoms with E-state index in [1.807, 2.05) is 6.07 Å². The molecule has 1 aliphatic heterocycles. The van der Waals surface area contributed by atoms with E-state index in [2.05, 4.69) is 50.3 Å². The van der Waals surface area contributed by atoms with Gasteiger partial charge in [-0.2, -0.15) is 0 Å². The first-order valence-electron chi connectivity index (χ1n) is 5.13. The van der Waals surface area contributed by atoms with E-state index in [1.165, 1.54) is 0 Å². The molecule has 0 N–H and O–H groups in total. The molecule has 1 aliphatic rings. The largest absolute Gasteiger partial charge is 0.346 e. The highest BCUT2D eigenvalue weighted by Gasteiger charge is 2.25. The minimum atomic E-state index is -0.225. The third-order valence-electron chi connectivity index (χ3n) is 3.00. The molecule has 0 amide bonds. The number of benzene rings is 1. The first-order chi connectivity index (χ1) is 7.56. The van der Waals surface area contributed by atoms with Crippen molar-refractivity contribution >= 4 is 37.5 Å². The minimum absolute atomic E-state index is 0.225. The summed E-state index contributed by atoms with van der Waals surface area (Å²) >= 11 is 6.56. The Morgan fingerprint density at radius 1 is 1.56 bits per heavy atom. The van der Waals surface area contributed by atoms with Gasteiger partial charge in [0.1, 0.15) is 0 Å².